The van der Waals surface area contributed by atoms with Gasteiger partial charge in [-0.05, 0) is 37.6 Å². The molecule has 0 aromatic carbocycles. The highest BCUT2D eigenvalue weighted by Gasteiger charge is 2.33. The van der Waals surface area contributed by atoms with E-state index in [0.29, 0.717) is 44.0 Å². The van der Waals surface area contributed by atoms with Crippen LogP contribution in [0.3, 0.4) is 0 Å². The minimum atomic E-state index is -0.865. The fourth-order valence-corrected chi connectivity index (χ4v) is 4.28. The summed E-state index contributed by atoms with van der Waals surface area (Å²) in [5.74, 6) is 0.880. The maximum atomic E-state index is 12.6. The van der Waals surface area contributed by atoms with Crippen LogP contribution in [-0.2, 0) is 19.1 Å². The van der Waals surface area contributed by atoms with E-state index in [0.717, 1.165) is 6.42 Å². The Bertz CT molecular complexity index is 499. The summed E-state index contributed by atoms with van der Waals surface area (Å²) < 4.78 is 11.8. The van der Waals surface area contributed by atoms with Crippen molar-refractivity contribution in [3.05, 3.63) is 0 Å². The van der Waals surface area contributed by atoms with Gasteiger partial charge in [-0.1, -0.05) is 27.2 Å². The molecule has 1 heterocycles. The Kier molecular flexibility index (Phi) is 8.51. The predicted molar refractivity (Wildman–Crippen MR) is 103 cm³/mol. The van der Waals surface area contributed by atoms with Crippen LogP contribution in [0.15, 0.2) is 0 Å². The summed E-state index contributed by atoms with van der Waals surface area (Å²) in [7, 11) is 1.75. The standard InChI is InChI=1S/C20H36N2O5/c1-14(2)17-6-5-15(3)9-18(17)27-13-19(23)22-7-8-26-16(11-22)10-21(4)12-20(24)25/h14-18H,5-13H2,1-4H3,(H,24,25). The molecule has 1 N–H and O–H groups in total. The zero-order chi connectivity index (χ0) is 20.0. The number of hydrogen-bond acceptors (Lipinski definition) is 5. The van der Waals surface area contributed by atoms with Crippen LogP contribution in [0.4, 0.5) is 0 Å². The van der Waals surface area contributed by atoms with Crippen LogP contribution in [-0.4, -0.2) is 85.4 Å². The number of carboxylic acid groups (broad SMARTS) is 1. The summed E-state index contributed by atoms with van der Waals surface area (Å²) >= 11 is 0. The zero-order valence-electron chi connectivity index (χ0n) is 17.2. The third-order valence-corrected chi connectivity index (χ3v) is 5.79. The Hall–Kier alpha value is -1.18. The van der Waals surface area contributed by atoms with Crippen molar-refractivity contribution in [1.29, 1.82) is 0 Å². The Morgan fingerprint density at radius 1 is 1.33 bits per heavy atom. The third-order valence-electron chi connectivity index (χ3n) is 5.79. The monoisotopic (exact) mass is 384 g/mol. The van der Waals surface area contributed by atoms with E-state index in [1.54, 1.807) is 16.8 Å². The number of carboxylic acids is 1. The average molecular weight is 385 g/mol. The summed E-state index contributed by atoms with van der Waals surface area (Å²) in [6.45, 7) is 8.84. The van der Waals surface area contributed by atoms with Gasteiger partial charge >= 0.3 is 5.97 Å². The Balaban J connectivity index is 1.81. The van der Waals surface area contributed by atoms with Crippen molar-refractivity contribution in [3.8, 4) is 0 Å². The van der Waals surface area contributed by atoms with E-state index in [9.17, 15) is 9.59 Å². The lowest BCUT2D eigenvalue weighted by molar-refractivity contribution is -0.150. The number of hydrogen-bond donors (Lipinski definition) is 1. The molecule has 0 spiro atoms. The van der Waals surface area contributed by atoms with Crippen LogP contribution in [0, 0.1) is 17.8 Å². The topological polar surface area (TPSA) is 79.3 Å². The zero-order valence-corrected chi connectivity index (χ0v) is 17.2. The molecule has 4 unspecified atom stereocenters. The van der Waals surface area contributed by atoms with Crippen LogP contribution in [0.1, 0.15) is 40.0 Å². The van der Waals surface area contributed by atoms with Gasteiger partial charge in [0.05, 0.1) is 25.4 Å². The van der Waals surface area contributed by atoms with Crippen molar-refractivity contribution < 1.29 is 24.2 Å². The number of carbonyl (C=O) groups excluding carboxylic acids is 1. The van der Waals surface area contributed by atoms with Gasteiger partial charge in [0.2, 0.25) is 5.91 Å². The van der Waals surface area contributed by atoms with Gasteiger partial charge in [0.15, 0.2) is 0 Å². The number of nitrogens with zero attached hydrogens (tertiary/aromatic N) is 2. The van der Waals surface area contributed by atoms with Gasteiger partial charge in [0, 0.05) is 19.6 Å². The van der Waals surface area contributed by atoms with Crippen LogP contribution >= 0.6 is 0 Å². The lowest BCUT2D eigenvalue weighted by Gasteiger charge is -2.38. The van der Waals surface area contributed by atoms with E-state index in [1.165, 1.54) is 12.8 Å². The molecule has 27 heavy (non-hydrogen) atoms. The first kappa shape index (κ1) is 22.1. The Labute approximate surface area is 163 Å². The molecule has 0 aromatic heterocycles. The third kappa shape index (κ3) is 7.05. The number of morpholine rings is 1. The van der Waals surface area contributed by atoms with E-state index in [1.807, 2.05) is 0 Å². The van der Waals surface area contributed by atoms with Gasteiger partial charge in [0.1, 0.15) is 6.61 Å². The maximum absolute atomic E-state index is 12.6. The molecule has 1 saturated heterocycles. The first-order chi connectivity index (χ1) is 12.8. The number of carbonyl (C=O) groups is 2. The lowest BCUT2D eigenvalue weighted by atomic mass is 9.75. The van der Waals surface area contributed by atoms with Crippen molar-refractivity contribution in [1.82, 2.24) is 9.80 Å². The highest BCUT2D eigenvalue weighted by molar-refractivity contribution is 5.77. The van der Waals surface area contributed by atoms with Crippen molar-refractivity contribution in [2.75, 3.05) is 46.4 Å². The van der Waals surface area contributed by atoms with Crippen LogP contribution in [0.5, 0.6) is 0 Å². The molecule has 1 amide bonds. The molecule has 156 valence electrons. The van der Waals surface area contributed by atoms with E-state index >= 15 is 0 Å². The van der Waals surface area contributed by atoms with Gasteiger partial charge in [-0.15, -0.1) is 0 Å². The Morgan fingerprint density at radius 2 is 2.07 bits per heavy atom. The second kappa shape index (κ2) is 10.4. The van der Waals surface area contributed by atoms with Gasteiger partial charge in [0.25, 0.3) is 0 Å². The van der Waals surface area contributed by atoms with Crippen LogP contribution in [0.25, 0.3) is 0 Å². The summed E-state index contributed by atoms with van der Waals surface area (Å²) in [4.78, 5) is 26.9. The minimum Gasteiger partial charge on any atom is -0.480 e. The molecule has 7 heteroatoms. The number of aliphatic carboxylic acids is 1. The first-order valence-electron chi connectivity index (χ1n) is 10.2. The van der Waals surface area contributed by atoms with Crippen LogP contribution in [0.2, 0.25) is 0 Å². The largest absolute Gasteiger partial charge is 0.480 e. The molecule has 4 atom stereocenters. The number of amides is 1. The van der Waals surface area contributed by atoms with Gasteiger partial charge < -0.3 is 19.5 Å². The molecule has 1 aliphatic heterocycles. The number of ether oxygens (including phenoxy) is 2. The van der Waals surface area contributed by atoms with E-state index in [2.05, 4.69) is 20.8 Å². The SMILES string of the molecule is CC1CCC(C(C)C)C(OCC(=O)N2CCOC(CN(C)CC(=O)O)C2)C1. The smallest absolute Gasteiger partial charge is 0.317 e. The normalized spacial score (nSPS) is 29.3. The molecule has 1 saturated carbocycles. The lowest BCUT2D eigenvalue weighted by Crippen LogP contribution is -2.51. The van der Waals surface area contributed by atoms with Gasteiger partial charge in [-0.3, -0.25) is 14.5 Å². The summed E-state index contributed by atoms with van der Waals surface area (Å²) in [5.41, 5.74) is 0. The van der Waals surface area contributed by atoms with Crippen molar-refractivity contribution in [2.45, 2.75) is 52.2 Å². The minimum absolute atomic E-state index is 0.00456. The Morgan fingerprint density at radius 3 is 2.74 bits per heavy atom. The van der Waals surface area contributed by atoms with Crippen molar-refractivity contribution in [2.24, 2.45) is 17.8 Å². The molecule has 0 bridgehead atoms. The molecular formula is C20H36N2O5. The molecular weight excluding hydrogens is 348 g/mol. The second-order valence-electron chi connectivity index (χ2n) is 8.60. The molecule has 2 aliphatic rings. The first-order valence-corrected chi connectivity index (χ1v) is 10.2. The fraction of sp³-hybridized carbons (Fsp3) is 0.900. The van der Waals surface area contributed by atoms with E-state index in [-0.39, 0.29) is 31.3 Å². The highest BCUT2D eigenvalue weighted by Crippen LogP contribution is 2.35. The van der Waals surface area contributed by atoms with E-state index in [4.69, 9.17) is 14.6 Å². The molecule has 0 aromatic rings. The average Bonchev–Trinajstić information content (AvgIpc) is 2.58. The predicted octanol–water partition coefficient (Wildman–Crippen LogP) is 1.71. The maximum Gasteiger partial charge on any atom is 0.317 e. The quantitative estimate of drug-likeness (QED) is 0.686. The molecule has 7 nitrogen and oxygen atoms in total. The molecule has 2 rings (SSSR count). The second-order valence-corrected chi connectivity index (χ2v) is 8.60. The molecule has 1 aliphatic carbocycles. The van der Waals surface area contributed by atoms with Crippen molar-refractivity contribution >= 4 is 11.9 Å². The molecule has 0 radical (unpaired) electrons. The van der Waals surface area contributed by atoms with Crippen molar-refractivity contribution in [3.63, 3.8) is 0 Å². The number of rotatable bonds is 8. The van der Waals surface area contributed by atoms with Gasteiger partial charge in [-0.25, -0.2) is 0 Å². The fourth-order valence-electron chi connectivity index (χ4n) is 4.28. The van der Waals surface area contributed by atoms with Crippen LogP contribution < -0.4 is 0 Å². The van der Waals surface area contributed by atoms with Gasteiger partial charge in [-0.2, -0.15) is 0 Å². The molecule has 2 fully saturated rings. The van der Waals surface area contributed by atoms with E-state index < -0.39 is 5.97 Å². The summed E-state index contributed by atoms with van der Waals surface area (Å²) in [5, 5.41) is 8.86. The number of likely N-dealkylation sites (N-methyl/N-ethyl adjacent to an activating group) is 1. The highest BCUT2D eigenvalue weighted by atomic mass is 16.5. The summed E-state index contributed by atoms with van der Waals surface area (Å²) in [6.07, 6.45) is 3.45. The summed E-state index contributed by atoms with van der Waals surface area (Å²) in [6, 6.07) is 0.